The van der Waals surface area contributed by atoms with E-state index in [1.807, 2.05) is 0 Å². The lowest BCUT2D eigenvalue weighted by atomic mass is 9.95. The van der Waals surface area contributed by atoms with Crippen molar-refractivity contribution >= 4 is 11.7 Å². The molecule has 0 bridgehead atoms. The van der Waals surface area contributed by atoms with E-state index in [0.717, 1.165) is 0 Å². The van der Waals surface area contributed by atoms with Gasteiger partial charge in [-0.2, -0.15) is 4.79 Å². The van der Waals surface area contributed by atoms with Gasteiger partial charge in [0.25, 0.3) is 5.71 Å². The molecule has 4 heteroatoms. The van der Waals surface area contributed by atoms with E-state index in [1.165, 1.54) is 6.92 Å². The second-order valence-electron chi connectivity index (χ2n) is 2.92. The van der Waals surface area contributed by atoms with Gasteiger partial charge in [0.1, 0.15) is 0 Å². The zero-order valence-corrected chi connectivity index (χ0v) is 7.71. The minimum Gasteiger partial charge on any atom is -0.480 e. The quantitative estimate of drug-likeness (QED) is 0.446. The molecule has 0 fully saturated rings. The number of carboxylic acid groups (broad SMARTS) is 1. The van der Waals surface area contributed by atoms with E-state index in [-0.39, 0.29) is 5.71 Å². The van der Waals surface area contributed by atoms with Gasteiger partial charge in [0.05, 0.1) is 0 Å². The van der Waals surface area contributed by atoms with Gasteiger partial charge in [0.2, 0.25) is 0 Å². The van der Waals surface area contributed by atoms with Crippen LogP contribution in [-0.2, 0) is 4.79 Å². The second kappa shape index (κ2) is 4.35. The largest absolute Gasteiger partial charge is 0.480 e. The molecule has 72 valence electrons. The van der Waals surface area contributed by atoms with Crippen molar-refractivity contribution in [1.29, 1.82) is 0 Å². The molecule has 1 rings (SSSR count). The van der Waals surface area contributed by atoms with Crippen LogP contribution < -0.4 is 0 Å². The first kappa shape index (κ1) is 10.2. The van der Waals surface area contributed by atoms with Crippen LogP contribution in [0.4, 0.5) is 0 Å². The maximum atomic E-state index is 10.9. The molecular formula is C10H10N2O2. The number of rotatable bonds is 3. The average Bonchev–Trinajstić information content (AvgIpc) is 2.19. The Balaban J connectivity index is 3.14. The Morgan fingerprint density at radius 3 is 2.43 bits per heavy atom. The van der Waals surface area contributed by atoms with Crippen LogP contribution >= 0.6 is 0 Å². The van der Waals surface area contributed by atoms with E-state index in [9.17, 15) is 4.79 Å². The molecule has 0 aliphatic heterocycles. The van der Waals surface area contributed by atoms with Crippen molar-refractivity contribution in [3.63, 3.8) is 0 Å². The molecule has 0 aliphatic rings. The maximum Gasteiger partial charge on any atom is 0.322 e. The van der Waals surface area contributed by atoms with Gasteiger partial charge < -0.3 is 10.6 Å². The highest BCUT2D eigenvalue weighted by Crippen LogP contribution is 2.16. The molecule has 4 nitrogen and oxygen atoms in total. The van der Waals surface area contributed by atoms with Crippen LogP contribution in [0, 0.1) is 0 Å². The number of nitrogens with zero attached hydrogens (tertiary/aromatic N) is 2. The van der Waals surface area contributed by atoms with Gasteiger partial charge in [-0.3, -0.25) is 4.79 Å². The molecule has 0 aliphatic carbocycles. The zero-order chi connectivity index (χ0) is 10.6. The van der Waals surface area contributed by atoms with Crippen molar-refractivity contribution in [1.82, 2.24) is 0 Å². The van der Waals surface area contributed by atoms with Gasteiger partial charge in [0, 0.05) is 6.92 Å². The predicted molar refractivity (Wildman–Crippen MR) is 51.1 cm³/mol. The SMILES string of the molecule is CC(=[N+]=[N-])C(C(=O)O)c1ccccc1. The summed E-state index contributed by atoms with van der Waals surface area (Å²) in [5.74, 6) is -1.90. The number of carboxylic acids is 1. The highest BCUT2D eigenvalue weighted by Gasteiger charge is 2.28. The van der Waals surface area contributed by atoms with Crippen LogP contribution in [0.5, 0.6) is 0 Å². The molecular weight excluding hydrogens is 180 g/mol. The highest BCUT2D eigenvalue weighted by atomic mass is 16.4. The standard InChI is InChI=1S/C10H10N2O2/c1-7(12-11)9(10(13)14)8-5-3-2-4-6-8/h2-6,9H,1H3,(H,13,14). The van der Waals surface area contributed by atoms with Gasteiger partial charge in [-0.05, 0) is 5.56 Å². The highest BCUT2D eigenvalue weighted by molar-refractivity contribution is 6.02. The Bertz CT molecular complexity index is 380. The third-order valence-electron chi connectivity index (χ3n) is 1.96. The summed E-state index contributed by atoms with van der Waals surface area (Å²) in [6.07, 6.45) is 0. The molecule has 0 saturated carbocycles. The third kappa shape index (κ3) is 2.06. The van der Waals surface area contributed by atoms with Crippen molar-refractivity contribution < 1.29 is 14.7 Å². The molecule has 0 saturated heterocycles. The number of hydrogen-bond acceptors (Lipinski definition) is 1. The Morgan fingerprint density at radius 1 is 1.43 bits per heavy atom. The smallest absolute Gasteiger partial charge is 0.322 e. The molecule has 1 unspecified atom stereocenters. The Morgan fingerprint density at radius 2 is 2.00 bits per heavy atom. The molecule has 1 N–H and O–H groups in total. The first-order valence-corrected chi connectivity index (χ1v) is 4.13. The molecule has 0 amide bonds. The minimum absolute atomic E-state index is 0.170. The first-order valence-electron chi connectivity index (χ1n) is 4.13. The molecule has 1 atom stereocenters. The van der Waals surface area contributed by atoms with Gasteiger partial charge in [0.15, 0.2) is 5.92 Å². The molecule has 0 radical (unpaired) electrons. The summed E-state index contributed by atoms with van der Waals surface area (Å²) in [6, 6.07) is 8.67. The fraction of sp³-hybridized carbons (Fsp3) is 0.200. The molecule has 0 spiro atoms. The van der Waals surface area contributed by atoms with Crippen LogP contribution in [-0.4, -0.2) is 21.6 Å². The Labute approximate surface area is 81.4 Å². The topological polar surface area (TPSA) is 73.7 Å². The molecule has 1 aromatic rings. The van der Waals surface area contributed by atoms with E-state index >= 15 is 0 Å². The number of aliphatic carboxylic acids is 1. The number of carbonyl (C=O) groups is 1. The van der Waals surface area contributed by atoms with Gasteiger partial charge in [-0.15, -0.1) is 0 Å². The molecule has 14 heavy (non-hydrogen) atoms. The fourth-order valence-electron chi connectivity index (χ4n) is 1.27. The fourth-order valence-corrected chi connectivity index (χ4v) is 1.27. The summed E-state index contributed by atoms with van der Waals surface area (Å²) in [5.41, 5.74) is 9.32. The van der Waals surface area contributed by atoms with Gasteiger partial charge >= 0.3 is 5.97 Å². The van der Waals surface area contributed by atoms with E-state index in [0.29, 0.717) is 5.56 Å². The molecule has 0 aromatic heterocycles. The average molecular weight is 190 g/mol. The van der Waals surface area contributed by atoms with E-state index < -0.39 is 11.9 Å². The number of benzene rings is 1. The zero-order valence-electron chi connectivity index (χ0n) is 7.71. The monoisotopic (exact) mass is 190 g/mol. The lowest BCUT2D eigenvalue weighted by Gasteiger charge is -2.05. The predicted octanol–water partition coefficient (Wildman–Crippen LogP) is 1.55. The molecule has 0 heterocycles. The molecule has 1 aromatic carbocycles. The van der Waals surface area contributed by atoms with Crippen molar-refractivity contribution in [2.24, 2.45) is 0 Å². The van der Waals surface area contributed by atoms with Crippen LogP contribution in [0.15, 0.2) is 30.3 Å². The summed E-state index contributed by atoms with van der Waals surface area (Å²) in [4.78, 5) is 13.8. The van der Waals surface area contributed by atoms with Crippen molar-refractivity contribution in [3.05, 3.63) is 41.4 Å². The van der Waals surface area contributed by atoms with Crippen molar-refractivity contribution in [2.75, 3.05) is 0 Å². The van der Waals surface area contributed by atoms with Crippen LogP contribution in [0.1, 0.15) is 18.4 Å². The second-order valence-corrected chi connectivity index (χ2v) is 2.92. The third-order valence-corrected chi connectivity index (χ3v) is 1.96. The Hall–Kier alpha value is -1.93. The summed E-state index contributed by atoms with van der Waals surface area (Å²) in [6.45, 7) is 1.48. The minimum atomic E-state index is -1.02. The van der Waals surface area contributed by atoms with E-state index in [1.54, 1.807) is 30.3 Å². The van der Waals surface area contributed by atoms with Crippen LogP contribution in [0.2, 0.25) is 0 Å². The number of hydrogen-bond donors (Lipinski definition) is 1. The first-order chi connectivity index (χ1) is 6.66. The van der Waals surface area contributed by atoms with Crippen LogP contribution in [0.25, 0.3) is 5.53 Å². The van der Waals surface area contributed by atoms with Gasteiger partial charge in [-0.25, -0.2) is 0 Å². The van der Waals surface area contributed by atoms with Crippen molar-refractivity contribution in [3.8, 4) is 0 Å². The summed E-state index contributed by atoms with van der Waals surface area (Å²) in [7, 11) is 0. The Kier molecular flexibility index (Phi) is 3.15. The van der Waals surface area contributed by atoms with Crippen molar-refractivity contribution in [2.45, 2.75) is 12.8 Å². The van der Waals surface area contributed by atoms with Crippen LogP contribution in [0.3, 0.4) is 0 Å². The lowest BCUT2D eigenvalue weighted by Crippen LogP contribution is -2.19. The summed E-state index contributed by atoms with van der Waals surface area (Å²) in [5, 5.41) is 8.94. The van der Waals surface area contributed by atoms with E-state index in [4.69, 9.17) is 10.6 Å². The maximum absolute atomic E-state index is 10.9. The normalized spacial score (nSPS) is 11.5. The van der Waals surface area contributed by atoms with E-state index in [2.05, 4.69) is 4.79 Å². The van der Waals surface area contributed by atoms with Gasteiger partial charge in [-0.1, -0.05) is 30.3 Å². The summed E-state index contributed by atoms with van der Waals surface area (Å²) >= 11 is 0. The lowest BCUT2D eigenvalue weighted by molar-refractivity contribution is -0.138. The summed E-state index contributed by atoms with van der Waals surface area (Å²) < 4.78 is 0.